The van der Waals surface area contributed by atoms with Crippen molar-refractivity contribution in [2.45, 2.75) is 39.8 Å². The lowest BCUT2D eigenvalue weighted by atomic mass is 10.2. The number of carbonyl (C=O) groups is 1. The summed E-state index contributed by atoms with van der Waals surface area (Å²) in [5.41, 5.74) is -0.611. The number of carbonyl (C=O) groups excluding carboxylic acids is 1. The molecule has 1 aromatic heterocycles. The fourth-order valence-electron chi connectivity index (χ4n) is 2.92. The highest BCUT2D eigenvalue weighted by atomic mass is 19.1. The summed E-state index contributed by atoms with van der Waals surface area (Å²) in [7, 11) is 0. The van der Waals surface area contributed by atoms with Gasteiger partial charge in [0.15, 0.2) is 0 Å². The SMILES string of the molecule is CCC(C)NC(=O)c1nn(-c2cccc(C)c2)c(=O)n(Cc2ccccc2F)c1=O. The second-order valence-electron chi connectivity index (χ2n) is 7.15. The molecule has 0 aliphatic rings. The molecular weight excluding hydrogens is 387 g/mol. The lowest BCUT2D eigenvalue weighted by Crippen LogP contribution is -2.47. The molecule has 3 rings (SSSR count). The molecule has 7 nitrogen and oxygen atoms in total. The van der Waals surface area contributed by atoms with Gasteiger partial charge in [0, 0.05) is 11.6 Å². The standard InChI is InChI=1S/C22H23FN4O3/c1-4-15(3)24-20(28)19-21(29)26(13-16-9-5-6-11-18(16)23)22(30)27(25-19)17-10-7-8-14(2)12-17/h5-12,15H,4,13H2,1-3H3,(H,24,28). The number of halogens is 1. The Morgan fingerprint density at radius 3 is 2.57 bits per heavy atom. The molecule has 3 aromatic rings. The van der Waals surface area contributed by atoms with E-state index in [0.717, 1.165) is 14.8 Å². The Kier molecular flexibility index (Phi) is 6.25. The van der Waals surface area contributed by atoms with Gasteiger partial charge in [-0.3, -0.25) is 14.2 Å². The lowest BCUT2D eigenvalue weighted by molar-refractivity contribution is 0.0929. The quantitative estimate of drug-likeness (QED) is 0.676. The third-order valence-corrected chi connectivity index (χ3v) is 4.80. The molecule has 1 heterocycles. The van der Waals surface area contributed by atoms with Gasteiger partial charge in [-0.05, 0) is 44.0 Å². The average molecular weight is 410 g/mol. The van der Waals surface area contributed by atoms with Crippen molar-refractivity contribution in [3.8, 4) is 5.69 Å². The monoisotopic (exact) mass is 410 g/mol. The molecule has 1 amide bonds. The van der Waals surface area contributed by atoms with E-state index in [-0.39, 0.29) is 18.2 Å². The van der Waals surface area contributed by atoms with Crippen molar-refractivity contribution in [2.24, 2.45) is 0 Å². The number of benzene rings is 2. The molecule has 2 aromatic carbocycles. The van der Waals surface area contributed by atoms with Gasteiger partial charge in [0.1, 0.15) is 5.82 Å². The van der Waals surface area contributed by atoms with Crippen LogP contribution in [0.15, 0.2) is 58.1 Å². The van der Waals surface area contributed by atoms with Crippen LogP contribution in [0.25, 0.3) is 5.69 Å². The lowest BCUT2D eigenvalue weighted by Gasteiger charge is -2.14. The minimum absolute atomic E-state index is 0.159. The Labute approximate surface area is 172 Å². The largest absolute Gasteiger partial charge is 0.352 e. The number of aromatic nitrogens is 3. The number of hydrogen-bond acceptors (Lipinski definition) is 4. The van der Waals surface area contributed by atoms with Crippen molar-refractivity contribution < 1.29 is 9.18 Å². The first-order chi connectivity index (χ1) is 14.3. The van der Waals surface area contributed by atoms with Crippen LogP contribution in [0, 0.1) is 12.7 Å². The first-order valence-corrected chi connectivity index (χ1v) is 9.67. The van der Waals surface area contributed by atoms with E-state index in [1.807, 2.05) is 19.9 Å². The molecule has 1 N–H and O–H groups in total. The predicted octanol–water partition coefficient (Wildman–Crippen LogP) is 2.42. The summed E-state index contributed by atoms with van der Waals surface area (Å²) >= 11 is 0. The molecule has 0 fully saturated rings. The zero-order valence-corrected chi connectivity index (χ0v) is 17.1. The topological polar surface area (TPSA) is 86.0 Å². The van der Waals surface area contributed by atoms with Gasteiger partial charge in [-0.25, -0.2) is 9.18 Å². The van der Waals surface area contributed by atoms with Gasteiger partial charge in [0.25, 0.3) is 11.5 Å². The third-order valence-electron chi connectivity index (χ3n) is 4.80. The number of amides is 1. The van der Waals surface area contributed by atoms with Crippen LogP contribution in [-0.2, 0) is 6.54 Å². The fourth-order valence-corrected chi connectivity index (χ4v) is 2.92. The average Bonchev–Trinajstić information content (AvgIpc) is 2.72. The first-order valence-electron chi connectivity index (χ1n) is 9.67. The van der Waals surface area contributed by atoms with E-state index in [1.165, 1.54) is 18.2 Å². The van der Waals surface area contributed by atoms with E-state index in [0.29, 0.717) is 12.1 Å². The molecule has 8 heteroatoms. The molecule has 30 heavy (non-hydrogen) atoms. The Hall–Kier alpha value is -3.55. The highest BCUT2D eigenvalue weighted by Gasteiger charge is 2.22. The number of rotatable bonds is 6. The van der Waals surface area contributed by atoms with Gasteiger partial charge < -0.3 is 5.32 Å². The summed E-state index contributed by atoms with van der Waals surface area (Å²) in [5, 5.41) is 6.75. The van der Waals surface area contributed by atoms with Gasteiger partial charge in [0.2, 0.25) is 5.69 Å². The molecule has 0 radical (unpaired) electrons. The maximum absolute atomic E-state index is 14.2. The van der Waals surface area contributed by atoms with Gasteiger partial charge in [-0.1, -0.05) is 37.3 Å². The van der Waals surface area contributed by atoms with Crippen LogP contribution in [0.5, 0.6) is 0 Å². The van der Waals surface area contributed by atoms with Crippen molar-refractivity contribution in [2.75, 3.05) is 0 Å². The normalized spacial score (nSPS) is 11.9. The number of hydrogen-bond donors (Lipinski definition) is 1. The summed E-state index contributed by atoms with van der Waals surface area (Å²) in [4.78, 5) is 38.7. The molecule has 0 saturated carbocycles. The number of nitrogens with one attached hydrogen (secondary N) is 1. The van der Waals surface area contributed by atoms with Crippen molar-refractivity contribution in [1.82, 2.24) is 19.7 Å². The van der Waals surface area contributed by atoms with Crippen molar-refractivity contribution in [3.05, 3.63) is 92.0 Å². The Morgan fingerprint density at radius 1 is 1.17 bits per heavy atom. The molecule has 0 saturated heterocycles. The van der Waals surface area contributed by atoms with Crippen LogP contribution in [-0.4, -0.2) is 26.3 Å². The van der Waals surface area contributed by atoms with Crippen molar-refractivity contribution >= 4 is 5.91 Å². The van der Waals surface area contributed by atoms with Gasteiger partial charge in [-0.15, -0.1) is 0 Å². The molecule has 1 atom stereocenters. The Morgan fingerprint density at radius 2 is 1.90 bits per heavy atom. The number of aryl methyl sites for hydroxylation is 1. The molecule has 0 spiro atoms. The second kappa shape index (κ2) is 8.86. The van der Waals surface area contributed by atoms with Crippen LogP contribution in [0.2, 0.25) is 0 Å². The Bertz CT molecular complexity index is 1200. The van der Waals surface area contributed by atoms with E-state index in [9.17, 15) is 18.8 Å². The maximum Gasteiger partial charge on any atom is 0.352 e. The molecule has 156 valence electrons. The molecule has 1 unspecified atom stereocenters. The fraction of sp³-hybridized carbons (Fsp3) is 0.273. The molecule has 0 bridgehead atoms. The minimum Gasteiger partial charge on any atom is -0.348 e. The van der Waals surface area contributed by atoms with Crippen LogP contribution in [0.4, 0.5) is 4.39 Å². The third kappa shape index (κ3) is 4.37. The van der Waals surface area contributed by atoms with Gasteiger partial charge in [-0.2, -0.15) is 9.78 Å². The van der Waals surface area contributed by atoms with Crippen LogP contribution >= 0.6 is 0 Å². The zero-order valence-electron chi connectivity index (χ0n) is 17.1. The number of nitrogens with zero attached hydrogens (tertiary/aromatic N) is 3. The summed E-state index contributed by atoms with van der Waals surface area (Å²) in [6.07, 6.45) is 0.659. The summed E-state index contributed by atoms with van der Waals surface area (Å²) in [6.45, 7) is 5.22. The maximum atomic E-state index is 14.2. The highest BCUT2D eigenvalue weighted by Crippen LogP contribution is 2.09. The van der Waals surface area contributed by atoms with Crippen molar-refractivity contribution in [1.29, 1.82) is 0 Å². The van der Waals surface area contributed by atoms with Crippen LogP contribution < -0.4 is 16.6 Å². The molecular formula is C22H23FN4O3. The second-order valence-corrected chi connectivity index (χ2v) is 7.15. The Balaban J connectivity index is 2.22. The van der Waals surface area contributed by atoms with Gasteiger partial charge in [0.05, 0.1) is 12.2 Å². The van der Waals surface area contributed by atoms with E-state index < -0.39 is 28.7 Å². The van der Waals surface area contributed by atoms with E-state index in [4.69, 9.17) is 0 Å². The van der Waals surface area contributed by atoms with E-state index >= 15 is 0 Å². The van der Waals surface area contributed by atoms with E-state index in [1.54, 1.807) is 31.2 Å². The summed E-state index contributed by atoms with van der Waals surface area (Å²) < 4.78 is 16.0. The predicted molar refractivity (Wildman–Crippen MR) is 112 cm³/mol. The minimum atomic E-state index is -0.868. The van der Waals surface area contributed by atoms with E-state index in [2.05, 4.69) is 10.4 Å². The van der Waals surface area contributed by atoms with Crippen LogP contribution in [0.1, 0.15) is 41.9 Å². The van der Waals surface area contributed by atoms with Crippen molar-refractivity contribution in [3.63, 3.8) is 0 Å². The zero-order chi connectivity index (χ0) is 21.8. The smallest absolute Gasteiger partial charge is 0.348 e. The highest BCUT2D eigenvalue weighted by molar-refractivity contribution is 5.91. The van der Waals surface area contributed by atoms with Gasteiger partial charge >= 0.3 is 5.69 Å². The van der Waals surface area contributed by atoms with Crippen LogP contribution in [0.3, 0.4) is 0 Å². The molecule has 0 aliphatic heterocycles. The molecule has 0 aliphatic carbocycles. The summed E-state index contributed by atoms with van der Waals surface area (Å²) in [5.74, 6) is -1.23. The first kappa shape index (κ1) is 21.2. The summed E-state index contributed by atoms with van der Waals surface area (Å²) in [6, 6.07) is 12.6.